The van der Waals surface area contributed by atoms with Crippen LogP contribution in [0.4, 0.5) is 0 Å². The summed E-state index contributed by atoms with van der Waals surface area (Å²) in [6, 6.07) is 15.8. The Bertz CT molecular complexity index is 999. The highest BCUT2D eigenvalue weighted by atomic mass is 32.1. The van der Waals surface area contributed by atoms with Crippen LogP contribution in [-0.2, 0) is 6.54 Å². The molecule has 1 aromatic heterocycles. The molecule has 3 aromatic rings. The fourth-order valence-electron chi connectivity index (χ4n) is 3.38. The van der Waals surface area contributed by atoms with Gasteiger partial charge >= 0.3 is 0 Å². The first-order chi connectivity index (χ1) is 13.6. The van der Waals surface area contributed by atoms with E-state index >= 15 is 0 Å². The fraction of sp³-hybridized carbons (Fsp3) is 0.333. The molecule has 146 valence electrons. The summed E-state index contributed by atoms with van der Waals surface area (Å²) >= 11 is 1.55. The first-order valence-electron chi connectivity index (χ1n) is 10.00. The largest absolute Gasteiger partial charge is 0.316 e. The summed E-state index contributed by atoms with van der Waals surface area (Å²) in [5.74, 6) is -0.183. The van der Waals surface area contributed by atoms with Gasteiger partial charge in [0.2, 0.25) is 0 Å². The minimum Gasteiger partial charge on any atom is -0.316 e. The molecule has 4 heteroatoms. The molecule has 1 amide bonds. The maximum atomic E-state index is 12.6. The Hall–Kier alpha value is -2.46. The molecule has 0 atom stereocenters. The van der Waals surface area contributed by atoms with Gasteiger partial charge in [0.25, 0.3) is 5.91 Å². The third-order valence-corrected chi connectivity index (χ3v) is 5.77. The van der Waals surface area contributed by atoms with Crippen molar-refractivity contribution >= 4 is 17.2 Å². The molecule has 0 aliphatic heterocycles. The summed E-state index contributed by atoms with van der Waals surface area (Å²) in [7, 11) is 0. The zero-order valence-electron chi connectivity index (χ0n) is 16.9. The number of amides is 1. The second-order valence-electron chi connectivity index (χ2n) is 7.22. The molecular formula is C24H28N2OS. The summed E-state index contributed by atoms with van der Waals surface area (Å²) in [6.07, 6.45) is 4.73. The maximum Gasteiger partial charge on any atom is 0.279 e. The number of rotatable bonds is 7. The van der Waals surface area contributed by atoms with Gasteiger partial charge in [0.05, 0.1) is 5.69 Å². The lowest BCUT2D eigenvalue weighted by atomic mass is 10.0. The molecular weight excluding hydrogens is 364 g/mol. The minimum absolute atomic E-state index is 0.183. The van der Waals surface area contributed by atoms with Crippen molar-refractivity contribution < 1.29 is 4.79 Å². The Morgan fingerprint density at radius 2 is 1.82 bits per heavy atom. The molecule has 0 fully saturated rings. The second-order valence-corrected chi connectivity index (χ2v) is 8.05. The lowest BCUT2D eigenvalue weighted by Gasteiger charge is -2.12. The van der Waals surface area contributed by atoms with Gasteiger partial charge in [0.1, 0.15) is 0 Å². The molecule has 0 saturated heterocycles. The van der Waals surface area contributed by atoms with Gasteiger partial charge in [0.15, 0.2) is 4.80 Å². The van der Waals surface area contributed by atoms with Crippen LogP contribution in [0.1, 0.15) is 54.1 Å². The second kappa shape index (κ2) is 9.65. The number of carbonyl (C=O) groups is 1. The number of carbonyl (C=O) groups excluding carboxylic acids is 1. The van der Waals surface area contributed by atoms with E-state index in [1.165, 1.54) is 36.0 Å². The molecule has 0 spiro atoms. The van der Waals surface area contributed by atoms with E-state index in [2.05, 4.69) is 53.9 Å². The normalized spacial score (nSPS) is 11.8. The van der Waals surface area contributed by atoms with Crippen molar-refractivity contribution in [3.05, 3.63) is 75.4 Å². The molecule has 3 rings (SSSR count). The monoisotopic (exact) mass is 392 g/mol. The van der Waals surface area contributed by atoms with Crippen molar-refractivity contribution in [1.82, 2.24) is 4.57 Å². The van der Waals surface area contributed by atoms with Gasteiger partial charge in [-0.3, -0.25) is 4.79 Å². The number of hydrogen-bond acceptors (Lipinski definition) is 2. The van der Waals surface area contributed by atoms with Gasteiger partial charge in [-0.25, -0.2) is 0 Å². The van der Waals surface area contributed by atoms with Crippen LogP contribution in [0.25, 0.3) is 11.3 Å². The van der Waals surface area contributed by atoms with Crippen LogP contribution in [0, 0.1) is 13.8 Å². The highest BCUT2D eigenvalue weighted by Gasteiger charge is 2.12. The Labute approximate surface area is 171 Å². The standard InChI is InChI=1S/C24H28N2OS/c1-4-5-6-10-15-26-22(21-14-13-18(2)16-19(21)3)17-28-24(26)25-23(27)20-11-8-7-9-12-20/h7-9,11-14,16-17H,4-6,10,15H2,1-3H3. The number of aromatic nitrogens is 1. The quantitative estimate of drug-likeness (QED) is 0.444. The van der Waals surface area contributed by atoms with Gasteiger partial charge in [-0.2, -0.15) is 4.99 Å². The number of aryl methyl sites for hydroxylation is 2. The van der Waals surface area contributed by atoms with Crippen molar-refractivity contribution in [2.24, 2.45) is 4.99 Å². The van der Waals surface area contributed by atoms with Crippen LogP contribution in [0.3, 0.4) is 0 Å². The van der Waals surface area contributed by atoms with Crippen LogP contribution in [0.15, 0.2) is 58.9 Å². The van der Waals surface area contributed by atoms with E-state index in [1.54, 1.807) is 11.3 Å². The molecule has 0 saturated carbocycles. The Morgan fingerprint density at radius 3 is 2.54 bits per heavy atom. The molecule has 3 nitrogen and oxygen atoms in total. The molecule has 0 aliphatic rings. The molecule has 28 heavy (non-hydrogen) atoms. The molecule has 0 radical (unpaired) electrons. The van der Waals surface area contributed by atoms with Gasteiger partial charge in [-0.05, 0) is 38.0 Å². The number of benzene rings is 2. The van der Waals surface area contributed by atoms with Gasteiger partial charge in [0, 0.05) is 23.1 Å². The minimum atomic E-state index is -0.183. The van der Waals surface area contributed by atoms with Gasteiger partial charge in [-0.1, -0.05) is 68.1 Å². The van der Waals surface area contributed by atoms with E-state index in [0.717, 1.165) is 23.5 Å². The lowest BCUT2D eigenvalue weighted by molar-refractivity contribution is 0.0997. The van der Waals surface area contributed by atoms with Crippen molar-refractivity contribution in [1.29, 1.82) is 0 Å². The van der Waals surface area contributed by atoms with E-state index < -0.39 is 0 Å². The van der Waals surface area contributed by atoms with Crippen LogP contribution in [0.5, 0.6) is 0 Å². The summed E-state index contributed by atoms with van der Waals surface area (Å²) in [5, 5.41) is 2.13. The predicted octanol–water partition coefficient (Wildman–Crippen LogP) is 6.15. The van der Waals surface area contributed by atoms with Gasteiger partial charge < -0.3 is 4.57 Å². The summed E-state index contributed by atoms with van der Waals surface area (Å²) in [5.41, 5.74) is 5.50. The van der Waals surface area contributed by atoms with Gasteiger partial charge in [-0.15, -0.1) is 11.3 Å². The molecule has 0 N–H and O–H groups in total. The zero-order valence-corrected chi connectivity index (χ0v) is 17.8. The smallest absolute Gasteiger partial charge is 0.279 e. The molecule has 0 bridgehead atoms. The van der Waals surface area contributed by atoms with Crippen LogP contribution in [0.2, 0.25) is 0 Å². The Balaban J connectivity index is 2.01. The van der Waals surface area contributed by atoms with Crippen molar-refractivity contribution in [3.63, 3.8) is 0 Å². The summed E-state index contributed by atoms with van der Waals surface area (Å²) in [6.45, 7) is 7.36. The third kappa shape index (κ3) is 4.87. The molecule has 0 unspecified atom stereocenters. The van der Waals surface area contributed by atoms with Crippen LogP contribution < -0.4 is 4.80 Å². The molecule has 2 aromatic carbocycles. The average molecular weight is 393 g/mol. The fourth-order valence-corrected chi connectivity index (χ4v) is 4.30. The molecule has 1 heterocycles. The number of nitrogens with zero attached hydrogens (tertiary/aromatic N) is 2. The first-order valence-corrected chi connectivity index (χ1v) is 10.9. The topological polar surface area (TPSA) is 34.4 Å². The average Bonchev–Trinajstić information content (AvgIpc) is 3.08. The van der Waals surface area contributed by atoms with E-state index in [9.17, 15) is 4.79 Å². The highest BCUT2D eigenvalue weighted by Crippen LogP contribution is 2.25. The predicted molar refractivity (Wildman–Crippen MR) is 118 cm³/mol. The lowest BCUT2D eigenvalue weighted by Crippen LogP contribution is -2.18. The number of unbranched alkanes of at least 4 members (excludes halogenated alkanes) is 3. The van der Waals surface area contributed by atoms with E-state index in [-0.39, 0.29) is 5.91 Å². The highest BCUT2D eigenvalue weighted by molar-refractivity contribution is 7.07. The summed E-state index contributed by atoms with van der Waals surface area (Å²) < 4.78 is 2.22. The van der Waals surface area contributed by atoms with Crippen molar-refractivity contribution in [3.8, 4) is 11.3 Å². The number of thiazole rings is 1. The SMILES string of the molecule is CCCCCCn1c(-c2ccc(C)cc2C)csc1=NC(=O)c1ccccc1. The summed E-state index contributed by atoms with van der Waals surface area (Å²) in [4.78, 5) is 17.9. The van der Waals surface area contributed by atoms with Crippen molar-refractivity contribution in [2.75, 3.05) is 0 Å². The first kappa shape index (κ1) is 20.3. The van der Waals surface area contributed by atoms with E-state index in [0.29, 0.717) is 5.56 Å². The van der Waals surface area contributed by atoms with Crippen LogP contribution >= 0.6 is 11.3 Å². The van der Waals surface area contributed by atoms with E-state index in [4.69, 9.17) is 0 Å². The van der Waals surface area contributed by atoms with Crippen molar-refractivity contribution in [2.45, 2.75) is 53.0 Å². The maximum absolute atomic E-state index is 12.6. The Morgan fingerprint density at radius 1 is 1.04 bits per heavy atom. The van der Waals surface area contributed by atoms with E-state index in [1.807, 2.05) is 30.3 Å². The zero-order chi connectivity index (χ0) is 19.9. The Kier molecular flexibility index (Phi) is 6.99. The molecule has 0 aliphatic carbocycles. The van der Waals surface area contributed by atoms with Crippen LogP contribution in [-0.4, -0.2) is 10.5 Å². The number of hydrogen-bond donors (Lipinski definition) is 0. The third-order valence-electron chi connectivity index (χ3n) is 4.91.